The standard InChI is InChI=1S/C16H26N2/c1-16(2,3)14-8-6-13(7-9-14)15(17)12-18-10-4-5-11-18/h6-9,15H,4-5,10-12,17H2,1-3H3. The Morgan fingerprint density at radius 3 is 2.17 bits per heavy atom. The first-order valence-corrected chi connectivity index (χ1v) is 7.05. The largest absolute Gasteiger partial charge is 0.323 e. The first-order valence-electron chi connectivity index (χ1n) is 7.05. The van der Waals surface area contributed by atoms with E-state index in [0.717, 1.165) is 6.54 Å². The third-order valence-electron chi connectivity index (χ3n) is 3.86. The molecule has 100 valence electrons. The number of nitrogens with zero attached hydrogens (tertiary/aromatic N) is 1. The molecule has 1 atom stereocenters. The van der Waals surface area contributed by atoms with Crippen LogP contribution in [0.15, 0.2) is 24.3 Å². The highest BCUT2D eigenvalue weighted by atomic mass is 15.1. The minimum atomic E-state index is 0.150. The smallest absolute Gasteiger partial charge is 0.0424 e. The zero-order valence-corrected chi connectivity index (χ0v) is 11.9. The van der Waals surface area contributed by atoms with Crippen LogP contribution in [0.25, 0.3) is 0 Å². The molecule has 0 amide bonds. The van der Waals surface area contributed by atoms with E-state index in [4.69, 9.17) is 5.73 Å². The molecule has 0 radical (unpaired) electrons. The van der Waals surface area contributed by atoms with E-state index in [1.54, 1.807) is 0 Å². The highest BCUT2D eigenvalue weighted by Crippen LogP contribution is 2.24. The van der Waals surface area contributed by atoms with Gasteiger partial charge in [0.25, 0.3) is 0 Å². The maximum Gasteiger partial charge on any atom is 0.0424 e. The first kappa shape index (κ1) is 13.6. The average Bonchev–Trinajstić information content (AvgIpc) is 2.81. The molecule has 2 nitrogen and oxygen atoms in total. The topological polar surface area (TPSA) is 29.3 Å². The lowest BCUT2D eigenvalue weighted by molar-refractivity contribution is 0.316. The molecule has 2 heteroatoms. The summed E-state index contributed by atoms with van der Waals surface area (Å²) in [5.74, 6) is 0. The summed E-state index contributed by atoms with van der Waals surface area (Å²) in [6, 6.07) is 8.98. The number of rotatable bonds is 3. The van der Waals surface area contributed by atoms with E-state index in [0.29, 0.717) is 0 Å². The molecule has 0 bridgehead atoms. The summed E-state index contributed by atoms with van der Waals surface area (Å²) in [4.78, 5) is 2.47. The third kappa shape index (κ3) is 3.33. The van der Waals surface area contributed by atoms with Gasteiger partial charge in [-0.1, -0.05) is 45.0 Å². The monoisotopic (exact) mass is 246 g/mol. The molecular formula is C16H26N2. The van der Waals surface area contributed by atoms with Crippen LogP contribution < -0.4 is 5.73 Å². The van der Waals surface area contributed by atoms with Crippen molar-refractivity contribution in [1.29, 1.82) is 0 Å². The van der Waals surface area contributed by atoms with Crippen molar-refractivity contribution in [3.8, 4) is 0 Å². The Morgan fingerprint density at radius 1 is 1.11 bits per heavy atom. The molecular weight excluding hydrogens is 220 g/mol. The van der Waals surface area contributed by atoms with Gasteiger partial charge in [-0.05, 0) is 42.5 Å². The van der Waals surface area contributed by atoms with Gasteiger partial charge in [0.15, 0.2) is 0 Å². The number of nitrogens with two attached hydrogens (primary N) is 1. The van der Waals surface area contributed by atoms with Crippen molar-refractivity contribution in [3.63, 3.8) is 0 Å². The quantitative estimate of drug-likeness (QED) is 0.888. The summed E-state index contributed by atoms with van der Waals surface area (Å²) in [5, 5.41) is 0. The Kier molecular flexibility index (Phi) is 4.08. The van der Waals surface area contributed by atoms with Crippen molar-refractivity contribution < 1.29 is 0 Å². The molecule has 2 rings (SSSR count). The predicted octanol–water partition coefficient (Wildman–Crippen LogP) is 3.08. The molecule has 0 aliphatic carbocycles. The van der Waals surface area contributed by atoms with Crippen LogP contribution in [-0.2, 0) is 5.41 Å². The van der Waals surface area contributed by atoms with Gasteiger partial charge in [-0.3, -0.25) is 0 Å². The van der Waals surface area contributed by atoms with E-state index >= 15 is 0 Å². The third-order valence-corrected chi connectivity index (χ3v) is 3.86. The fourth-order valence-electron chi connectivity index (χ4n) is 2.58. The van der Waals surface area contributed by atoms with Gasteiger partial charge in [0.05, 0.1) is 0 Å². The molecule has 0 saturated carbocycles. The molecule has 1 aromatic rings. The molecule has 0 spiro atoms. The van der Waals surface area contributed by atoms with Gasteiger partial charge < -0.3 is 10.6 Å². The number of benzene rings is 1. The number of hydrogen-bond donors (Lipinski definition) is 1. The van der Waals surface area contributed by atoms with Crippen LogP contribution in [0.1, 0.15) is 50.8 Å². The molecule has 1 fully saturated rings. The van der Waals surface area contributed by atoms with Gasteiger partial charge in [0.2, 0.25) is 0 Å². The Bertz CT molecular complexity index is 369. The molecule has 1 aliphatic rings. The second kappa shape index (κ2) is 5.41. The van der Waals surface area contributed by atoms with Crippen molar-refractivity contribution in [3.05, 3.63) is 35.4 Å². The van der Waals surface area contributed by atoms with Gasteiger partial charge in [0.1, 0.15) is 0 Å². The molecule has 1 aromatic carbocycles. The first-order chi connectivity index (χ1) is 8.47. The molecule has 1 aliphatic heterocycles. The molecule has 1 saturated heterocycles. The second-order valence-corrected chi connectivity index (χ2v) is 6.49. The van der Waals surface area contributed by atoms with Crippen LogP contribution in [-0.4, -0.2) is 24.5 Å². The second-order valence-electron chi connectivity index (χ2n) is 6.49. The van der Waals surface area contributed by atoms with Crippen molar-refractivity contribution in [2.24, 2.45) is 5.73 Å². The van der Waals surface area contributed by atoms with Gasteiger partial charge in [0, 0.05) is 12.6 Å². The number of likely N-dealkylation sites (tertiary alicyclic amines) is 1. The maximum atomic E-state index is 6.29. The maximum absolute atomic E-state index is 6.29. The van der Waals surface area contributed by atoms with E-state index in [-0.39, 0.29) is 11.5 Å². The molecule has 1 unspecified atom stereocenters. The van der Waals surface area contributed by atoms with Gasteiger partial charge >= 0.3 is 0 Å². The highest BCUT2D eigenvalue weighted by Gasteiger charge is 2.17. The van der Waals surface area contributed by atoms with Gasteiger partial charge in [-0.15, -0.1) is 0 Å². The van der Waals surface area contributed by atoms with E-state index < -0.39 is 0 Å². The molecule has 18 heavy (non-hydrogen) atoms. The van der Waals surface area contributed by atoms with Crippen LogP contribution in [0, 0.1) is 0 Å². The van der Waals surface area contributed by atoms with Crippen molar-refractivity contribution in [2.45, 2.75) is 45.1 Å². The lowest BCUT2D eigenvalue weighted by atomic mass is 9.86. The summed E-state index contributed by atoms with van der Waals surface area (Å²) in [7, 11) is 0. The Morgan fingerprint density at radius 2 is 1.67 bits per heavy atom. The summed E-state index contributed by atoms with van der Waals surface area (Å²) in [6.45, 7) is 10.2. The van der Waals surface area contributed by atoms with Crippen LogP contribution in [0.4, 0.5) is 0 Å². The van der Waals surface area contributed by atoms with Gasteiger partial charge in [-0.25, -0.2) is 0 Å². The van der Waals surface area contributed by atoms with Crippen LogP contribution in [0.2, 0.25) is 0 Å². The van der Waals surface area contributed by atoms with E-state index in [9.17, 15) is 0 Å². The summed E-state index contributed by atoms with van der Waals surface area (Å²) < 4.78 is 0. The zero-order chi connectivity index (χ0) is 13.2. The molecule has 0 aromatic heterocycles. The summed E-state index contributed by atoms with van der Waals surface area (Å²) in [5.41, 5.74) is 9.15. The fraction of sp³-hybridized carbons (Fsp3) is 0.625. The minimum absolute atomic E-state index is 0.150. The molecule has 1 heterocycles. The number of hydrogen-bond acceptors (Lipinski definition) is 2. The van der Waals surface area contributed by atoms with Gasteiger partial charge in [-0.2, -0.15) is 0 Å². The Labute approximate surface area is 111 Å². The van der Waals surface area contributed by atoms with Crippen molar-refractivity contribution >= 4 is 0 Å². The Balaban J connectivity index is 2.00. The van der Waals surface area contributed by atoms with Crippen molar-refractivity contribution in [1.82, 2.24) is 4.90 Å². The minimum Gasteiger partial charge on any atom is -0.323 e. The van der Waals surface area contributed by atoms with Crippen LogP contribution in [0.5, 0.6) is 0 Å². The van der Waals surface area contributed by atoms with E-state index in [2.05, 4.69) is 49.9 Å². The highest BCUT2D eigenvalue weighted by molar-refractivity contribution is 5.29. The Hall–Kier alpha value is -0.860. The zero-order valence-electron chi connectivity index (χ0n) is 11.9. The lowest BCUT2D eigenvalue weighted by Crippen LogP contribution is -2.29. The molecule has 2 N–H and O–H groups in total. The van der Waals surface area contributed by atoms with Crippen molar-refractivity contribution in [2.75, 3.05) is 19.6 Å². The normalized spacial score (nSPS) is 19.1. The SMILES string of the molecule is CC(C)(C)c1ccc(C(N)CN2CCCC2)cc1. The summed E-state index contributed by atoms with van der Waals surface area (Å²) in [6.07, 6.45) is 2.66. The fourth-order valence-corrected chi connectivity index (χ4v) is 2.58. The predicted molar refractivity (Wildman–Crippen MR) is 77.7 cm³/mol. The van der Waals surface area contributed by atoms with E-state index in [1.165, 1.54) is 37.1 Å². The lowest BCUT2D eigenvalue weighted by Gasteiger charge is -2.22. The van der Waals surface area contributed by atoms with E-state index in [1.807, 2.05) is 0 Å². The van der Waals surface area contributed by atoms with Crippen LogP contribution in [0.3, 0.4) is 0 Å². The average molecular weight is 246 g/mol. The van der Waals surface area contributed by atoms with Crippen LogP contribution >= 0.6 is 0 Å². The summed E-state index contributed by atoms with van der Waals surface area (Å²) >= 11 is 0.